The van der Waals surface area contributed by atoms with Crippen molar-refractivity contribution in [3.63, 3.8) is 0 Å². The van der Waals surface area contributed by atoms with Gasteiger partial charge in [0.05, 0.1) is 6.61 Å². The van der Waals surface area contributed by atoms with E-state index in [-0.39, 0.29) is 24.6 Å². The minimum Gasteiger partial charge on any atom is -0.462 e. The second kappa shape index (κ2) is 26.0. The van der Waals surface area contributed by atoms with Gasteiger partial charge in [0.25, 0.3) is 0 Å². The van der Waals surface area contributed by atoms with E-state index in [1.165, 1.54) is 50.3 Å². The van der Waals surface area contributed by atoms with E-state index in [1.807, 2.05) is 0 Å². The highest BCUT2D eigenvalue weighted by atomic mass is 32.2. The van der Waals surface area contributed by atoms with Crippen LogP contribution in [0.25, 0.3) is 0 Å². The standard InChI is InChI=1S/C28H53O9PS/c1-3-4-5-6-7-8-9-11-15-18-21-28(31)37-26(24-36-38(32,33)34)23-35-27(30)20-17-14-12-10-13-16-19-22-39-25(2)29/h26H,3-24H2,1-2H3,(H2,32,33,34)/t26-/m0/s1. The van der Waals surface area contributed by atoms with Crippen molar-refractivity contribution in [2.24, 2.45) is 0 Å². The van der Waals surface area contributed by atoms with Gasteiger partial charge >= 0.3 is 19.8 Å². The summed E-state index contributed by atoms with van der Waals surface area (Å²) in [5.41, 5.74) is 0. The Kier molecular flexibility index (Phi) is 25.4. The normalized spacial score (nSPS) is 12.3. The second-order valence-corrected chi connectivity index (χ2v) is 12.6. The number of esters is 2. The van der Waals surface area contributed by atoms with Crippen LogP contribution in [0.2, 0.25) is 0 Å². The molecule has 0 aliphatic rings. The molecule has 0 saturated carbocycles. The zero-order chi connectivity index (χ0) is 29.2. The van der Waals surface area contributed by atoms with Crippen molar-refractivity contribution in [2.75, 3.05) is 19.0 Å². The van der Waals surface area contributed by atoms with Gasteiger partial charge in [0.2, 0.25) is 0 Å². The van der Waals surface area contributed by atoms with Crippen molar-refractivity contribution in [1.29, 1.82) is 0 Å². The Morgan fingerprint density at radius 3 is 1.64 bits per heavy atom. The van der Waals surface area contributed by atoms with Crippen LogP contribution in [0.3, 0.4) is 0 Å². The summed E-state index contributed by atoms with van der Waals surface area (Å²) in [6.45, 7) is 2.93. The monoisotopic (exact) mass is 596 g/mol. The lowest BCUT2D eigenvalue weighted by molar-refractivity contribution is -0.161. The van der Waals surface area contributed by atoms with Gasteiger partial charge in [-0.2, -0.15) is 0 Å². The van der Waals surface area contributed by atoms with E-state index < -0.39 is 32.5 Å². The van der Waals surface area contributed by atoms with Crippen LogP contribution in [0.15, 0.2) is 0 Å². The Balaban J connectivity index is 4.04. The van der Waals surface area contributed by atoms with Gasteiger partial charge < -0.3 is 19.3 Å². The first-order valence-electron chi connectivity index (χ1n) is 14.8. The predicted octanol–water partition coefficient (Wildman–Crippen LogP) is 7.26. The molecule has 0 heterocycles. The van der Waals surface area contributed by atoms with Crippen LogP contribution in [0, 0.1) is 0 Å². The number of thioether (sulfide) groups is 1. The lowest BCUT2D eigenvalue weighted by Crippen LogP contribution is -2.29. The van der Waals surface area contributed by atoms with Crippen molar-refractivity contribution in [3.05, 3.63) is 0 Å². The number of rotatable bonds is 27. The first-order valence-corrected chi connectivity index (χ1v) is 17.3. The summed E-state index contributed by atoms with van der Waals surface area (Å²) in [4.78, 5) is 53.1. The van der Waals surface area contributed by atoms with E-state index in [0.29, 0.717) is 12.8 Å². The summed E-state index contributed by atoms with van der Waals surface area (Å²) in [6.07, 6.45) is 17.7. The Bertz CT molecular complexity index is 684. The fraction of sp³-hybridized carbons (Fsp3) is 0.893. The van der Waals surface area contributed by atoms with Crippen LogP contribution in [0.1, 0.15) is 136 Å². The highest BCUT2D eigenvalue weighted by Crippen LogP contribution is 2.35. The van der Waals surface area contributed by atoms with E-state index in [4.69, 9.17) is 19.3 Å². The summed E-state index contributed by atoms with van der Waals surface area (Å²) >= 11 is 1.36. The molecule has 0 saturated heterocycles. The van der Waals surface area contributed by atoms with Crippen LogP contribution in [-0.4, -0.2) is 51.9 Å². The Morgan fingerprint density at radius 1 is 0.692 bits per heavy atom. The van der Waals surface area contributed by atoms with Crippen molar-refractivity contribution < 1.29 is 42.7 Å². The lowest BCUT2D eigenvalue weighted by atomic mass is 10.1. The quantitative estimate of drug-likeness (QED) is 0.0566. The molecule has 1 atom stereocenters. The van der Waals surface area contributed by atoms with E-state index >= 15 is 0 Å². The fourth-order valence-corrected chi connectivity index (χ4v) is 5.02. The van der Waals surface area contributed by atoms with E-state index in [1.54, 1.807) is 6.92 Å². The molecule has 11 heteroatoms. The first-order chi connectivity index (χ1) is 18.6. The van der Waals surface area contributed by atoms with Crippen molar-refractivity contribution >= 4 is 36.6 Å². The SMILES string of the molecule is CCCCCCCCCCCCC(=O)O[C@@H](COC(=O)CCCCCCCCCSC(C)=O)COP(=O)(O)O. The molecule has 0 amide bonds. The number of carbonyl (C=O) groups is 3. The van der Waals surface area contributed by atoms with E-state index in [9.17, 15) is 18.9 Å². The van der Waals surface area contributed by atoms with Gasteiger partial charge in [0.15, 0.2) is 11.2 Å². The molecule has 0 radical (unpaired) electrons. The van der Waals surface area contributed by atoms with Gasteiger partial charge in [-0.15, -0.1) is 0 Å². The molecule has 0 rings (SSSR count). The summed E-state index contributed by atoms with van der Waals surface area (Å²) in [5, 5.41) is 0.157. The average Bonchev–Trinajstić information content (AvgIpc) is 2.87. The molecule has 0 bridgehead atoms. The highest BCUT2D eigenvalue weighted by Gasteiger charge is 2.22. The molecule has 0 unspecified atom stereocenters. The van der Waals surface area contributed by atoms with Crippen molar-refractivity contribution in [1.82, 2.24) is 0 Å². The minimum absolute atomic E-state index is 0.157. The fourth-order valence-electron chi connectivity index (χ4n) is 4.03. The molecule has 0 aromatic heterocycles. The zero-order valence-corrected chi connectivity index (χ0v) is 26.0. The van der Waals surface area contributed by atoms with E-state index in [0.717, 1.165) is 63.5 Å². The van der Waals surface area contributed by atoms with Gasteiger partial charge in [-0.3, -0.25) is 18.9 Å². The number of phosphoric ester groups is 1. The number of unbranched alkanes of at least 4 members (excludes halogenated alkanes) is 15. The predicted molar refractivity (Wildman–Crippen MR) is 155 cm³/mol. The first kappa shape index (κ1) is 38.1. The number of hydrogen-bond acceptors (Lipinski definition) is 8. The molecule has 0 aliphatic carbocycles. The van der Waals surface area contributed by atoms with Crippen LogP contribution < -0.4 is 0 Å². The maximum Gasteiger partial charge on any atom is 0.469 e. The number of ether oxygens (including phenoxy) is 2. The van der Waals surface area contributed by atoms with Gasteiger partial charge in [0.1, 0.15) is 6.61 Å². The molecular formula is C28H53O9PS. The maximum absolute atomic E-state index is 12.2. The third-order valence-electron chi connectivity index (χ3n) is 6.22. The number of hydrogen-bond donors (Lipinski definition) is 2. The van der Waals surface area contributed by atoms with Gasteiger partial charge in [-0.1, -0.05) is 109 Å². The topological polar surface area (TPSA) is 136 Å². The third kappa shape index (κ3) is 29.9. The van der Waals surface area contributed by atoms with Crippen LogP contribution in [0.5, 0.6) is 0 Å². The maximum atomic E-state index is 12.2. The minimum atomic E-state index is -4.75. The molecule has 230 valence electrons. The zero-order valence-electron chi connectivity index (χ0n) is 24.2. The molecule has 39 heavy (non-hydrogen) atoms. The lowest BCUT2D eigenvalue weighted by Gasteiger charge is -2.18. The van der Waals surface area contributed by atoms with E-state index in [2.05, 4.69) is 11.4 Å². The molecule has 0 aliphatic heterocycles. The molecule has 9 nitrogen and oxygen atoms in total. The third-order valence-corrected chi connectivity index (χ3v) is 7.61. The number of carbonyl (C=O) groups excluding carboxylic acids is 3. The Labute approximate surface area is 240 Å². The van der Waals surface area contributed by atoms with Gasteiger partial charge in [-0.25, -0.2) is 4.57 Å². The molecule has 0 fully saturated rings. The summed E-state index contributed by atoms with van der Waals surface area (Å²) in [6, 6.07) is 0. The summed E-state index contributed by atoms with van der Waals surface area (Å²) < 4.78 is 26.0. The molecule has 0 aromatic rings. The molecule has 2 N–H and O–H groups in total. The van der Waals surface area contributed by atoms with Crippen molar-refractivity contribution in [2.45, 2.75) is 142 Å². The van der Waals surface area contributed by atoms with Gasteiger partial charge in [0, 0.05) is 25.5 Å². The number of phosphoric acid groups is 1. The van der Waals surface area contributed by atoms with Crippen LogP contribution in [0.4, 0.5) is 0 Å². The largest absolute Gasteiger partial charge is 0.469 e. The molecule has 0 spiro atoms. The highest BCUT2D eigenvalue weighted by molar-refractivity contribution is 8.13. The van der Waals surface area contributed by atoms with Gasteiger partial charge in [-0.05, 0) is 19.3 Å². The van der Waals surface area contributed by atoms with Crippen LogP contribution >= 0.6 is 19.6 Å². The summed E-state index contributed by atoms with van der Waals surface area (Å²) in [5.74, 6) is -0.0660. The summed E-state index contributed by atoms with van der Waals surface area (Å²) in [7, 11) is -4.75. The molecule has 0 aromatic carbocycles. The Hall–Kier alpha value is -0.930. The van der Waals surface area contributed by atoms with Crippen LogP contribution in [-0.2, 0) is 32.9 Å². The Morgan fingerprint density at radius 2 is 1.15 bits per heavy atom. The second-order valence-electron chi connectivity index (χ2n) is 10.1. The molecular weight excluding hydrogens is 543 g/mol. The average molecular weight is 597 g/mol. The van der Waals surface area contributed by atoms with Crippen molar-refractivity contribution in [3.8, 4) is 0 Å². The smallest absolute Gasteiger partial charge is 0.462 e.